The normalized spacial score (nSPS) is 32.7. The van der Waals surface area contributed by atoms with Gasteiger partial charge in [-0.1, -0.05) is 19.8 Å². The van der Waals surface area contributed by atoms with E-state index in [0.29, 0.717) is 24.9 Å². The van der Waals surface area contributed by atoms with Gasteiger partial charge in [-0.25, -0.2) is 0 Å². The van der Waals surface area contributed by atoms with Crippen LogP contribution in [-0.4, -0.2) is 74.1 Å². The molecule has 0 aromatic carbocycles. The lowest BCUT2D eigenvalue weighted by molar-refractivity contribution is 0.0249. The monoisotopic (exact) mass is 324 g/mol. The lowest BCUT2D eigenvalue weighted by Gasteiger charge is -2.35. The fourth-order valence-electron chi connectivity index (χ4n) is 3.98. The van der Waals surface area contributed by atoms with Crippen LogP contribution in [-0.2, 0) is 6.54 Å². The second-order valence-corrected chi connectivity index (χ2v) is 6.79. The minimum Gasteiger partial charge on any atom is -0.424 e. The van der Waals surface area contributed by atoms with Gasteiger partial charge in [-0.05, 0) is 19.4 Å². The number of hydrogen-bond donors (Lipinski definition) is 2. The first kappa shape index (κ1) is 16.8. The maximum Gasteiger partial charge on any atom is 0.230 e. The number of likely N-dealkylation sites (tertiary alicyclic amines) is 1. The van der Waals surface area contributed by atoms with Crippen molar-refractivity contribution in [3.05, 3.63) is 11.8 Å². The van der Waals surface area contributed by atoms with Crippen molar-refractivity contribution in [3.63, 3.8) is 0 Å². The molecule has 0 radical (unpaired) electrons. The number of rotatable bonds is 5. The highest BCUT2D eigenvalue weighted by Crippen LogP contribution is 2.28. The molecule has 1 aliphatic carbocycles. The van der Waals surface area contributed by atoms with Crippen LogP contribution in [0.1, 0.15) is 44.4 Å². The van der Waals surface area contributed by atoms with Crippen molar-refractivity contribution >= 4 is 0 Å². The molecule has 23 heavy (non-hydrogen) atoms. The fourth-order valence-corrected chi connectivity index (χ4v) is 3.98. The number of β-amino-alcohol motifs (C(OH)–C–C–N with tert-alkyl or cyclic N) is 1. The quantitative estimate of drug-likeness (QED) is 0.818. The highest BCUT2D eigenvalue weighted by atomic mass is 16.4. The number of aliphatic hydroxyl groups is 2. The SMILES string of the molecule is CCN(Cc1nnc(C)o1)[C@@H]1CN([C@H]2CCCC[C@@H]2O)C[C@H]1O. The van der Waals surface area contributed by atoms with Crippen molar-refractivity contribution in [2.45, 2.75) is 70.4 Å². The lowest BCUT2D eigenvalue weighted by Crippen LogP contribution is -2.46. The van der Waals surface area contributed by atoms with Gasteiger partial charge in [0.25, 0.3) is 0 Å². The Morgan fingerprint density at radius 2 is 1.96 bits per heavy atom. The van der Waals surface area contributed by atoms with Crippen LogP contribution in [0.4, 0.5) is 0 Å². The summed E-state index contributed by atoms with van der Waals surface area (Å²) >= 11 is 0. The van der Waals surface area contributed by atoms with Gasteiger partial charge in [0.2, 0.25) is 11.8 Å². The zero-order chi connectivity index (χ0) is 16.4. The molecule has 2 heterocycles. The predicted molar refractivity (Wildman–Crippen MR) is 84.7 cm³/mol. The van der Waals surface area contributed by atoms with Crippen molar-refractivity contribution in [1.82, 2.24) is 20.0 Å². The van der Waals surface area contributed by atoms with E-state index in [1.54, 1.807) is 6.92 Å². The third-order valence-electron chi connectivity index (χ3n) is 5.23. The van der Waals surface area contributed by atoms with E-state index in [0.717, 1.165) is 38.8 Å². The average Bonchev–Trinajstić information content (AvgIpc) is 3.11. The largest absolute Gasteiger partial charge is 0.424 e. The number of aryl methyl sites for hydroxylation is 1. The average molecular weight is 324 g/mol. The Labute approximate surface area is 137 Å². The predicted octanol–water partition coefficient (Wildman–Crippen LogP) is 0.549. The van der Waals surface area contributed by atoms with Crippen LogP contribution in [0.5, 0.6) is 0 Å². The summed E-state index contributed by atoms with van der Waals surface area (Å²) in [4.78, 5) is 4.45. The summed E-state index contributed by atoms with van der Waals surface area (Å²) in [5, 5.41) is 28.7. The molecule has 7 heteroatoms. The standard InChI is InChI=1S/C16H28N4O3/c1-3-19(10-16-18-17-11(2)23-16)13-8-20(9-15(13)22)12-6-4-5-7-14(12)21/h12-15,21-22H,3-10H2,1-2H3/t12-,13+,14-,15+/m0/s1. The first-order chi connectivity index (χ1) is 11.1. The number of hydrogen-bond acceptors (Lipinski definition) is 7. The molecule has 4 atom stereocenters. The zero-order valence-electron chi connectivity index (χ0n) is 14.1. The Morgan fingerprint density at radius 1 is 1.17 bits per heavy atom. The van der Waals surface area contributed by atoms with Gasteiger partial charge in [0.15, 0.2) is 0 Å². The van der Waals surface area contributed by atoms with E-state index in [1.165, 1.54) is 0 Å². The summed E-state index contributed by atoms with van der Waals surface area (Å²) in [6.45, 7) is 6.64. The summed E-state index contributed by atoms with van der Waals surface area (Å²) in [7, 11) is 0. The second kappa shape index (κ2) is 7.25. The van der Waals surface area contributed by atoms with Crippen LogP contribution in [0.3, 0.4) is 0 Å². The molecule has 0 amide bonds. The van der Waals surface area contributed by atoms with Crippen LogP contribution in [0.15, 0.2) is 4.42 Å². The number of nitrogens with zero attached hydrogens (tertiary/aromatic N) is 4. The van der Waals surface area contributed by atoms with Crippen molar-refractivity contribution in [1.29, 1.82) is 0 Å². The summed E-state index contributed by atoms with van der Waals surface area (Å²) in [5.74, 6) is 1.16. The Hall–Kier alpha value is -1.02. The Balaban J connectivity index is 1.64. The molecule has 1 aliphatic heterocycles. The minimum atomic E-state index is -0.409. The second-order valence-electron chi connectivity index (χ2n) is 6.79. The third kappa shape index (κ3) is 3.74. The van der Waals surface area contributed by atoms with E-state index in [1.807, 2.05) is 0 Å². The van der Waals surface area contributed by atoms with Gasteiger partial charge in [-0.2, -0.15) is 0 Å². The summed E-state index contributed by atoms with van der Waals surface area (Å²) < 4.78 is 5.47. The molecule has 3 rings (SSSR count). The summed E-state index contributed by atoms with van der Waals surface area (Å²) in [6, 6.07) is 0.231. The first-order valence-corrected chi connectivity index (χ1v) is 8.71. The Morgan fingerprint density at radius 3 is 2.61 bits per heavy atom. The topological polar surface area (TPSA) is 85.9 Å². The maximum atomic E-state index is 10.5. The lowest BCUT2D eigenvalue weighted by atomic mass is 9.91. The van der Waals surface area contributed by atoms with Crippen LogP contribution in [0.2, 0.25) is 0 Å². The third-order valence-corrected chi connectivity index (χ3v) is 5.23. The van der Waals surface area contributed by atoms with Crippen LogP contribution in [0.25, 0.3) is 0 Å². The maximum absolute atomic E-state index is 10.5. The summed E-state index contributed by atoms with van der Waals surface area (Å²) in [6.07, 6.45) is 3.50. The van der Waals surface area contributed by atoms with Gasteiger partial charge in [0.05, 0.1) is 24.8 Å². The molecule has 1 saturated heterocycles. The molecule has 0 unspecified atom stereocenters. The molecule has 1 aromatic rings. The molecular weight excluding hydrogens is 296 g/mol. The smallest absolute Gasteiger partial charge is 0.230 e. The van der Waals surface area contributed by atoms with Crippen molar-refractivity contribution in [2.24, 2.45) is 0 Å². The minimum absolute atomic E-state index is 0.0429. The van der Waals surface area contributed by atoms with Crippen LogP contribution < -0.4 is 0 Å². The van der Waals surface area contributed by atoms with Crippen molar-refractivity contribution in [2.75, 3.05) is 19.6 Å². The van der Waals surface area contributed by atoms with E-state index in [4.69, 9.17) is 4.42 Å². The molecule has 7 nitrogen and oxygen atoms in total. The van der Waals surface area contributed by atoms with E-state index in [-0.39, 0.29) is 18.2 Å². The molecule has 1 saturated carbocycles. The molecule has 1 aromatic heterocycles. The zero-order valence-corrected chi connectivity index (χ0v) is 14.1. The van der Waals surface area contributed by atoms with E-state index >= 15 is 0 Å². The van der Waals surface area contributed by atoms with Gasteiger partial charge in [-0.3, -0.25) is 9.80 Å². The van der Waals surface area contributed by atoms with E-state index < -0.39 is 6.10 Å². The van der Waals surface area contributed by atoms with Crippen molar-refractivity contribution < 1.29 is 14.6 Å². The molecule has 2 fully saturated rings. The van der Waals surface area contributed by atoms with E-state index in [9.17, 15) is 10.2 Å². The highest BCUT2D eigenvalue weighted by Gasteiger charge is 2.40. The van der Waals surface area contributed by atoms with Crippen LogP contribution >= 0.6 is 0 Å². The van der Waals surface area contributed by atoms with Gasteiger partial charge in [0, 0.05) is 26.1 Å². The van der Waals surface area contributed by atoms with Gasteiger partial charge >= 0.3 is 0 Å². The number of aliphatic hydroxyl groups excluding tert-OH is 2. The van der Waals surface area contributed by atoms with Crippen LogP contribution in [0, 0.1) is 6.92 Å². The fraction of sp³-hybridized carbons (Fsp3) is 0.875. The summed E-state index contributed by atoms with van der Waals surface area (Å²) in [5.41, 5.74) is 0. The molecular formula is C16H28N4O3. The molecule has 130 valence electrons. The van der Waals surface area contributed by atoms with E-state index in [2.05, 4.69) is 26.9 Å². The van der Waals surface area contributed by atoms with Crippen molar-refractivity contribution in [3.8, 4) is 0 Å². The molecule has 0 bridgehead atoms. The first-order valence-electron chi connectivity index (χ1n) is 8.71. The molecule has 2 aliphatic rings. The molecule has 0 spiro atoms. The number of aromatic nitrogens is 2. The number of likely N-dealkylation sites (N-methyl/N-ethyl adjacent to an activating group) is 1. The Kier molecular flexibility index (Phi) is 5.31. The van der Waals surface area contributed by atoms with Gasteiger partial charge in [0.1, 0.15) is 0 Å². The highest BCUT2D eigenvalue weighted by molar-refractivity contribution is 4.97. The van der Waals surface area contributed by atoms with Gasteiger partial charge in [-0.15, -0.1) is 10.2 Å². The Bertz CT molecular complexity index is 509. The molecule has 2 N–H and O–H groups in total. The van der Waals surface area contributed by atoms with Gasteiger partial charge < -0.3 is 14.6 Å².